The van der Waals surface area contributed by atoms with Crippen molar-refractivity contribution in [1.82, 2.24) is 0 Å². The highest BCUT2D eigenvalue weighted by Crippen LogP contribution is 2.43. The maximum atomic E-state index is 11.7. The fourth-order valence-electron chi connectivity index (χ4n) is 2.84. The van der Waals surface area contributed by atoms with Crippen LogP contribution in [0.4, 0.5) is 0 Å². The van der Waals surface area contributed by atoms with Crippen LogP contribution in [-0.4, -0.2) is 4.89 Å². The van der Waals surface area contributed by atoms with Crippen molar-refractivity contribution in [3.05, 3.63) is 24.7 Å². The van der Waals surface area contributed by atoms with Crippen LogP contribution < -0.4 is 0 Å². The van der Waals surface area contributed by atoms with Crippen molar-refractivity contribution < 1.29 is 18.5 Å². The molecule has 0 aliphatic rings. The molecule has 0 radical (unpaired) electrons. The molecule has 0 aromatic heterocycles. The minimum Gasteiger partial charge on any atom is -0.404 e. The van der Waals surface area contributed by atoms with Crippen LogP contribution in [0.2, 0.25) is 0 Å². The van der Waals surface area contributed by atoms with Crippen LogP contribution in [0, 0.1) is 0 Å². The lowest BCUT2D eigenvalue weighted by Crippen LogP contribution is -1.84. The number of rotatable bonds is 20. The molecule has 0 aliphatic carbocycles. The van der Waals surface area contributed by atoms with Crippen molar-refractivity contribution in [2.75, 3.05) is 0 Å². The number of hydrogen-bond donors (Lipinski definition) is 1. The summed E-state index contributed by atoms with van der Waals surface area (Å²) in [6, 6.07) is 0. The average molecular weight is 403 g/mol. The Morgan fingerprint density at radius 3 is 1.33 bits per heavy atom. The van der Waals surface area contributed by atoms with Crippen LogP contribution in [0.25, 0.3) is 0 Å². The molecule has 0 heterocycles. The fraction of sp³-hybridized carbons (Fsp3) is 0.818. The van der Waals surface area contributed by atoms with E-state index in [1.807, 2.05) is 0 Å². The summed E-state index contributed by atoms with van der Waals surface area (Å²) in [5.41, 5.74) is 0. The normalized spacial score (nSPS) is 14.0. The van der Waals surface area contributed by atoms with Gasteiger partial charge in [0.1, 0.15) is 0 Å². The monoisotopic (exact) mass is 402 g/mol. The van der Waals surface area contributed by atoms with E-state index in [0.29, 0.717) is 0 Å². The summed E-state index contributed by atoms with van der Waals surface area (Å²) >= 11 is 0. The Hall–Kier alpha value is -0.730. The van der Waals surface area contributed by atoms with Gasteiger partial charge in [-0.05, 0) is 37.8 Å². The van der Waals surface area contributed by atoms with Crippen molar-refractivity contribution in [2.45, 2.75) is 117 Å². The first kappa shape index (κ1) is 26.3. The van der Waals surface area contributed by atoms with Gasteiger partial charge < -0.3 is 9.05 Å². The third-order valence-electron chi connectivity index (χ3n) is 4.53. The number of phosphoric ester groups is 1. The van der Waals surface area contributed by atoms with E-state index in [2.05, 4.69) is 13.8 Å². The van der Waals surface area contributed by atoms with Crippen LogP contribution in [0.15, 0.2) is 24.7 Å². The lowest BCUT2D eigenvalue weighted by atomic mass is 10.1. The number of allylic oxidation sites excluding steroid dienone is 2. The molecule has 0 fully saturated rings. The topological polar surface area (TPSA) is 55.8 Å². The van der Waals surface area contributed by atoms with Crippen molar-refractivity contribution in [1.29, 1.82) is 0 Å². The van der Waals surface area contributed by atoms with Gasteiger partial charge in [0.15, 0.2) is 0 Å². The molecule has 160 valence electrons. The first-order valence-corrected chi connectivity index (χ1v) is 12.6. The zero-order chi connectivity index (χ0) is 20.1. The van der Waals surface area contributed by atoms with Crippen LogP contribution in [0.3, 0.4) is 0 Å². The first-order chi connectivity index (χ1) is 13.1. The summed E-state index contributed by atoms with van der Waals surface area (Å²) < 4.78 is 21.4. The van der Waals surface area contributed by atoms with Gasteiger partial charge >= 0.3 is 7.82 Å². The Morgan fingerprint density at radius 2 is 0.963 bits per heavy atom. The molecule has 0 spiro atoms. The molecule has 0 unspecified atom stereocenters. The number of hydrogen-bond acceptors (Lipinski definition) is 3. The average Bonchev–Trinajstić information content (AvgIpc) is 2.64. The van der Waals surface area contributed by atoms with Crippen molar-refractivity contribution in [2.24, 2.45) is 0 Å². The Kier molecular flexibility index (Phi) is 19.5. The van der Waals surface area contributed by atoms with Crippen molar-refractivity contribution in [3.63, 3.8) is 0 Å². The third kappa shape index (κ3) is 21.4. The molecule has 27 heavy (non-hydrogen) atoms. The lowest BCUT2D eigenvalue weighted by Gasteiger charge is -2.07. The molecule has 0 aromatic rings. The van der Waals surface area contributed by atoms with E-state index in [-0.39, 0.29) is 0 Å². The second kappa shape index (κ2) is 20.0. The second-order valence-corrected chi connectivity index (χ2v) is 8.60. The standard InChI is InChI=1S/C22H43O4P/c1-3-5-7-9-11-13-15-17-19-21-25-27(23,24)26-22-20-18-16-14-12-10-8-6-4-2/h19-22H,3-18H2,1-2H3,(H,23,24). The molecule has 1 N–H and O–H groups in total. The molecule has 0 bridgehead atoms. The SMILES string of the molecule is CCCCCCCCCC=COP(=O)(O)OC=CCCCCCCCCC. The van der Waals surface area contributed by atoms with Gasteiger partial charge in [-0.2, -0.15) is 0 Å². The minimum absolute atomic E-state index is 0.863. The number of phosphoric acid groups is 1. The van der Waals surface area contributed by atoms with E-state index in [0.717, 1.165) is 25.7 Å². The molecule has 0 aliphatic heterocycles. The summed E-state index contributed by atoms with van der Waals surface area (Å²) in [4.78, 5) is 9.57. The Morgan fingerprint density at radius 1 is 0.630 bits per heavy atom. The summed E-state index contributed by atoms with van der Waals surface area (Å²) in [5, 5.41) is 0. The highest BCUT2D eigenvalue weighted by Gasteiger charge is 2.19. The lowest BCUT2D eigenvalue weighted by molar-refractivity contribution is 0.243. The van der Waals surface area contributed by atoms with E-state index >= 15 is 0 Å². The van der Waals surface area contributed by atoms with Gasteiger partial charge in [0.25, 0.3) is 0 Å². The quantitative estimate of drug-likeness (QED) is 0.126. The largest absolute Gasteiger partial charge is 0.583 e. The summed E-state index contributed by atoms with van der Waals surface area (Å²) in [7, 11) is -4.01. The maximum Gasteiger partial charge on any atom is 0.583 e. The predicted molar refractivity (Wildman–Crippen MR) is 115 cm³/mol. The molecular weight excluding hydrogens is 359 g/mol. The molecule has 0 amide bonds. The van der Waals surface area contributed by atoms with Gasteiger partial charge in [0.2, 0.25) is 0 Å². The third-order valence-corrected chi connectivity index (χ3v) is 5.31. The van der Waals surface area contributed by atoms with Crippen LogP contribution >= 0.6 is 7.82 Å². The minimum atomic E-state index is -4.01. The first-order valence-electron chi connectivity index (χ1n) is 11.1. The maximum absolute atomic E-state index is 11.7. The molecule has 4 nitrogen and oxygen atoms in total. The zero-order valence-corrected chi connectivity index (χ0v) is 18.6. The van der Waals surface area contributed by atoms with Gasteiger partial charge in [-0.3, -0.25) is 4.89 Å². The van der Waals surface area contributed by atoms with Crippen LogP contribution in [-0.2, 0) is 13.6 Å². The molecule has 0 rings (SSSR count). The van der Waals surface area contributed by atoms with Crippen molar-refractivity contribution >= 4 is 7.82 Å². The van der Waals surface area contributed by atoms with E-state index in [4.69, 9.17) is 9.05 Å². The number of unbranched alkanes of at least 4 members (excludes halogenated alkanes) is 14. The summed E-state index contributed by atoms with van der Waals surface area (Å²) in [6.07, 6.45) is 25.5. The molecule has 5 heteroatoms. The van der Waals surface area contributed by atoms with Gasteiger partial charge in [-0.25, -0.2) is 4.57 Å². The Labute approximate surface area is 168 Å². The van der Waals surface area contributed by atoms with Crippen LogP contribution in [0.5, 0.6) is 0 Å². The van der Waals surface area contributed by atoms with Crippen LogP contribution in [0.1, 0.15) is 117 Å². The smallest absolute Gasteiger partial charge is 0.404 e. The zero-order valence-electron chi connectivity index (χ0n) is 17.7. The molecule has 0 aromatic carbocycles. The summed E-state index contributed by atoms with van der Waals surface area (Å²) in [5.74, 6) is 0. The highest BCUT2D eigenvalue weighted by molar-refractivity contribution is 7.47. The van der Waals surface area contributed by atoms with E-state index in [9.17, 15) is 9.46 Å². The van der Waals surface area contributed by atoms with E-state index in [1.165, 1.54) is 89.6 Å². The van der Waals surface area contributed by atoms with Gasteiger partial charge in [-0.1, -0.05) is 90.9 Å². The second-order valence-electron chi connectivity index (χ2n) is 7.24. The van der Waals surface area contributed by atoms with E-state index in [1.54, 1.807) is 12.2 Å². The molecule has 0 saturated heterocycles. The van der Waals surface area contributed by atoms with Crippen molar-refractivity contribution in [3.8, 4) is 0 Å². The predicted octanol–water partition coefficient (Wildman–Crippen LogP) is 8.43. The Balaban J connectivity index is 3.54. The van der Waals surface area contributed by atoms with Gasteiger partial charge in [0, 0.05) is 0 Å². The van der Waals surface area contributed by atoms with Gasteiger partial charge in [-0.15, -0.1) is 0 Å². The fourth-order valence-corrected chi connectivity index (χ4v) is 3.37. The van der Waals surface area contributed by atoms with E-state index < -0.39 is 7.82 Å². The Bertz CT molecular complexity index is 373. The molecule has 0 saturated carbocycles. The summed E-state index contributed by atoms with van der Waals surface area (Å²) in [6.45, 7) is 4.45. The molecular formula is C22H43O4P. The highest BCUT2D eigenvalue weighted by atomic mass is 31.2. The van der Waals surface area contributed by atoms with Gasteiger partial charge in [0.05, 0.1) is 12.5 Å². The molecule has 0 atom stereocenters.